The molecule has 2 aromatic carbocycles. The summed E-state index contributed by atoms with van der Waals surface area (Å²) in [6.07, 6.45) is -0.565. The van der Waals surface area contributed by atoms with Gasteiger partial charge in [-0.15, -0.1) is 0 Å². The number of likely N-dealkylation sites (tertiary alicyclic amines) is 1. The first-order chi connectivity index (χ1) is 18.0. The van der Waals surface area contributed by atoms with E-state index in [-0.39, 0.29) is 50.5 Å². The quantitative estimate of drug-likeness (QED) is 0.530. The molecule has 1 aliphatic heterocycles. The van der Waals surface area contributed by atoms with Crippen molar-refractivity contribution in [2.45, 2.75) is 56.9 Å². The summed E-state index contributed by atoms with van der Waals surface area (Å²) in [6, 6.07) is 12.9. The summed E-state index contributed by atoms with van der Waals surface area (Å²) in [5.74, 6) is -5.23. The van der Waals surface area contributed by atoms with E-state index in [0.29, 0.717) is 12.1 Å². The number of anilines is 2. The Balaban J connectivity index is 1.52. The molecule has 7 nitrogen and oxygen atoms in total. The number of hydrogen-bond acceptors (Lipinski definition) is 3. The summed E-state index contributed by atoms with van der Waals surface area (Å²) in [4.78, 5) is 43.4. The molecule has 2 aliphatic rings. The number of para-hydroxylation sites is 1. The number of piperidine rings is 1. The SMILES string of the molecule is CN(C(=O)N1CCC(CC(=O)N(c2ccc(F)cc2)C2CCCC(F)(F)C2)(C(=O)O)CC1)c1ccccc1. The van der Waals surface area contributed by atoms with Gasteiger partial charge in [-0.3, -0.25) is 14.5 Å². The van der Waals surface area contributed by atoms with Gasteiger partial charge in [-0.05, 0) is 62.1 Å². The number of carboxylic acid groups (broad SMARTS) is 1. The van der Waals surface area contributed by atoms with E-state index in [1.54, 1.807) is 24.1 Å². The number of rotatable bonds is 6. The number of carboxylic acids is 1. The number of benzene rings is 2. The lowest BCUT2D eigenvalue weighted by Gasteiger charge is -2.42. The molecule has 1 atom stereocenters. The van der Waals surface area contributed by atoms with E-state index in [4.69, 9.17) is 0 Å². The number of hydrogen-bond donors (Lipinski definition) is 1. The molecule has 2 aromatic rings. The van der Waals surface area contributed by atoms with Gasteiger partial charge in [-0.2, -0.15) is 0 Å². The fraction of sp³-hybridized carbons (Fsp3) is 0.464. The second-order valence-corrected chi connectivity index (χ2v) is 10.3. The Hall–Kier alpha value is -3.56. The minimum absolute atomic E-state index is 0.0422. The van der Waals surface area contributed by atoms with Crippen LogP contribution in [0.4, 0.5) is 29.3 Å². The zero-order chi connectivity index (χ0) is 27.5. The van der Waals surface area contributed by atoms with Gasteiger partial charge in [0.1, 0.15) is 5.82 Å². The molecule has 1 aliphatic carbocycles. The lowest BCUT2D eigenvalue weighted by molar-refractivity contribution is -0.154. The fourth-order valence-corrected chi connectivity index (χ4v) is 5.47. The van der Waals surface area contributed by atoms with E-state index in [0.717, 1.165) is 12.1 Å². The number of carbonyl (C=O) groups is 3. The van der Waals surface area contributed by atoms with Gasteiger partial charge in [-0.25, -0.2) is 18.0 Å². The van der Waals surface area contributed by atoms with Gasteiger partial charge >= 0.3 is 12.0 Å². The summed E-state index contributed by atoms with van der Waals surface area (Å²) in [7, 11) is 1.64. The molecule has 0 spiro atoms. The van der Waals surface area contributed by atoms with E-state index in [9.17, 15) is 32.7 Å². The maximum atomic E-state index is 14.3. The number of alkyl halides is 2. The molecule has 2 fully saturated rings. The molecular formula is C28H32F3N3O4. The zero-order valence-electron chi connectivity index (χ0n) is 21.3. The molecule has 1 saturated carbocycles. The Labute approximate surface area is 219 Å². The summed E-state index contributed by atoms with van der Waals surface area (Å²) in [5, 5.41) is 10.2. The van der Waals surface area contributed by atoms with Gasteiger partial charge in [0.25, 0.3) is 0 Å². The Kier molecular flexibility index (Phi) is 7.99. The van der Waals surface area contributed by atoms with Crippen LogP contribution in [0, 0.1) is 11.2 Å². The van der Waals surface area contributed by atoms with Crippen LogP contribution in [0.3, 0.4) is 0 Å². The molecule has 38 heavy (non-hydrogen) atoms. The van der Waals surface area contributed by atoms with E-state index < -0.39 is 47.9 Å². The van der Waals surface area contributed by atoms with Crippen molar-refractivity contribution in [2.75, 3.05) is 29.9 Å². The van der Waals surface area contributed by atoms with Crippen LogP contribution in [0.1, 0.15) is 44.9 Å². The number of halogens is 3. The highest BCUT2D eigenvalue weighted by Crippen LogP contribution is 2.41. The smallest absolute Gasteiger partial charge is 0.324 e. The molecule has 1 N–H and O–H groups in total. The summed E-state index contributed by atoms with van der Waals surface area (Å²) < 4.78 is 42.2. The van der Waals surface area contributed by atoms with Gasteiger partial charge in [-0.1, -0.05) is 18.2 Å². The van der Waals surface area contributed by atoms with Crippen LogP contribution in [0.25, 0.3) is 0 Å². The van der Waals surface area contributed by atoms with Crippen molar-refractivity contribution < 1.29 is 32.7 Å². The highest BCUT2D eigenvalue weighted by atomic mass is 19.3. The van der Waals surface area contributed by atoms with Crippen molar-refractivity contribution in [3.8, 4) is 0 Å². The average molecular weight is 532 g/mol. The number of amides is 3. The number of carbonyl (C=O) groups excluding carboxylic acids is 2. The van der Waals surface area contributed by atoms with Gasteiger partial charge in [0.2, 0.25) is 11.8 Å². The van der Waals surface area contributed by atoms with Crippen LogP contribution < -0.4 is 9.80 Å². The highest BCUT2D eigenvalue weighted by Gasteiger charge is 2.47. The first-order valence-corrected chi connectivity index (χ1v) is 12.8. The zero-order valence-corrected chi connectivity index (χ0v) is 21.3. The maximum absolute atomic E-state index is 14.3. The van der Waals surface area contributed by atoms with Crippen molar-refractivity contribution >= 4 is 29.3 Å². The monoisotopic (exact) mass is 531 g/mol. The molecule has 4 rings (SSSR count). The highest BCUT2D eigenvalue weighted by molar-refractivity contribution is 5.97. The predicted molar refractivity (Wildman–Crippen MR) is 137 cm³/mol. The number of urea groups is 1. The van der Waals surface area contributed by atoms with Crippen LogP contribution in [-0.4, -0.2) is 60.0 Å². The standard InChI is InChI=1S/C28H32F3N3O4/c1-32(21-6-3-2-4-7-21)26(38)33-16-14-27(15-17-33,25(36)37)19-24(35)34(22-11-9-20(29)10-12-22)23-8-5-13-28(30,31)18-23/h2-4,6-7,9-12,23H,5,8,13-19H2,1H3,(H,36,37). The maximum Gasteiger partial charge on any atom is 0.324 e. The van der Waals surface area contributed by atoms with Gasteiger partial charge in [0.15, 0.2) is 0 Å². The van der Waals surface area contributed by atoms with Crippen LogP contribution in [-0.2, 0) is 9.59 Å². The van der Waals surface area contributed by atoms with Crippen molar-refractivity contribution in [3.63, 3.8) is 0 Å². The minimum atomic E-state index is -2.94. The third-order valence-electron chi connectivity index (χ3n) is 7.72. The van der Waals surface area contributed by atoms with Gasteiger partial charge in [0.05, 0.1) is 5.41 Å². The van der Waals surface area contributed by atoms with Crippen molar-refractivity contribution in [1.82, 2.24) is 4.90 Å². The second kappa shape index (κ2) is 11.0. The van der Waals surface area contributed by atoms with Crippen molar-refractivity contribution in [1.29, 1.82) is 0 Å². The first kappa shape index (κ1) is 27.5. The van der Waals surface area contributed by atoms with E-state index >= 15 is 0 Å². The predicted octanol–water partition coefficient (Wildman–Crippen LogP) is 5.55. The van der Waals surface area contributed by atoms with Crippen LogP contribution in [0.15, 0.2) is 54.6 Å². The normalized spacial score (nSPS) is 20.4. The molecular weight excluding hydrogens is 499 g/mol. The van der Waals surface area contributed by atoms with Crippen molar-refractivity contribution in [2.24, 2.45) is 5.41 Å². The first-order valence-electron chi connectivity index (χ1n) is 12.8. The third-order valence-corrected chi connectivity index (χ3v) is 7.72. The number of aliphatic carboxylic acids is 1. The number of nitrogens with zero attached hydrogens (tertiary/aromatic N) is 3. The summed E-state index contributed by atoms with van der Waals surface area (Å²) in [5.41, 5.74) is -0.493. The molecule has 0 radical (unpaired) electrons. The van der Waals surface area contributed by atoms with E-state index in [1.807, 2.05) is 18.2 Å². The summed E-state index contributed by atoms with van der Waals surface area (Å²) >= 11 is 0. The van der Waals surface area contributed by atoms with Crippen LogP contribution in [0.5, 0.6) is 0 Å². The fourth-order valence-electron chi connectivity index (χ4n) is 5.47. The van der Waals surface area contributed by atoms with Crippen LogP contribution in [0.2, 0.25) is 0 Å². The molecule has 0 aromatic heterocycles. The minimum Gasteiger partial charge on any atom is -0.481 e. The lowest BCUT2D eigenvalue weighted by Crippen LogP contribution is -2.53. The molecule has 1 saturated heterocycles. The molecule has 204 valence electrons. The van der Waals surface area contributed by atoms with Crippen molar-refractivity contribution in [3.05, 3.63) is 60.4 Å². The summed E-state index contributed by atoms with van der Waals surface area (Å²) in [6.45, 7) is 0.265. The van der Waals surface area contributed by atoms with E-state index in [2.05, 4.69) is 0 Å². The Morgan fingerprint density at radius 3 is 2.18 bits per heavy atom. The molecule has 1 heterocycles. The molecule has 3 amide bonds. The lowest BCUT2D eigenvalue weighted by atomic mass is 9.75. The van der Waals surface area contributed by atoms with Crippen LogP contribution >= 0.6 is 0 Å². The topological polar surface area (TPSA) is 81.2 Å². The molecule has 1 unspecified atom stereocenters. The molecule has 0 bridgehead atoms. The second-order valence-electron chi connectivity index (χ2n) is 10.3. The third kappa shape index (κ3) is 5.95. The van der Waals surface area contributed by atoms with Gasteiger partial charge < -0.3 is 14.9 Å². The Morgan fingerprint density at radius 1 is 0.974 bits per heavy atom. The molecule has 10 heteroatoms. The van der Waals surface area contributed by atoms with E-state index in [1.165, 1.54) is 21.9 Å². The van der Waals surface area contributed by atoms with Gasteiger partial charge in [0, 0.05) is 56.8 Å². The average Bonchev–Trinajstić information content (AvgIpc) is 2.89. The Bertz CT molecular complexity index is 1150. The Morgan fingerprint density at radius 2 is 1.61 bits per heavy atom. The largest absolute Gasteiger partial charge is 0.481 e.